The van der Waals surface area contributed by atoms with E-state index in [0.717, 1.165) is 5.92 Å². The highest BCUT2D eigenvalue weighted by molar-refractivity contribution is 4.62. The van der Waals surface area contributed by atoms with Crippen LogP contribution in [0.3, 0.4) is 0 Å². The molecule has 11 heavy (non-hydrogen) atoms. The van der Waals surface area contributed by atoms with Crippen molar-refractivity contribution in [3.05, 3.63) is 0 Å². The summed E-state index contributed by atoms with van der Waals surface area (Å²) in [6, 6.07) is 0.640. The van der Waals surface area contributed by atoms with Crippen LogP contribution in [-0.4, -0.2) is 12.6 Å². The minimum atomic E-state index is 0.640. The van der Waals surface area contributed by atoms with Gasteiger partial charge in [-0.2, -0.15) is 0 Å². The highest BCUT2D eigenvalue weighted by Crippen LogP contribution is 2.08. The van der Waals surface area contributed by atoms with Gasteiger partial charge in [-0.25, -0.2) is 0 Å². The van der Waals surface area contributed by atoms with Crippen LogP contribution in [0, 0.1) is 5.92 Å². The summed E-state index contributed by atoms with van der Waals surface area (Å²) in [6.07, 6.45) is 4.00. The molecule has 0 bridgehead atoms. The molecule has 0 aromatic heterocycles. The Bertz CT molecular complexity index is 78.9. The molecule has 0 unspecified atom stereocenters. The van der Waals surface area contributed by atoms with Gasteiger partial charge in [0, 0.05) is 6.04 Å². The fourth-order valence-corrected chi connectivity index (χ4v) is 1.26. The molecule has 0 amide bonds. The molecule has 0 fully saturated rings. The maximum atomic E-state index is 3.48. The molecule has 0 spiro atoms. The van der Waals surface area contributed by atoms with E-state index in [-0.39, 0.29) is 0 Å². The molecule has 0 aliphatic rings. The molecule has 0 rings (SSSR count). The molecule has 1 nitrogen and oxygen atoms in total. The minimum absolute atomic E-state index is 0.640. The summed E-state index contributed by atoms with van der Waals surface area (Å²) in [5.41, 5.74) is 0. The van der Waals surface area contributed by atoms with Gasteiger partial charge in [-0.1, -0.05) is 40.5 Å². The van der Waals surface area contributed by atoms with Gasteiger partial charge >= 0.3 is 0 Å². The van der Waals surface area contributed by atoms with E-state index in [2.05, 4.69) is 33.0 Å². The van der Waals surface area contributed by atoms with Gasteiger partial charge in [0.2, 0.25) is 0 Å². The Balaban J connectivity index is 3.35. The van der Waals surface area contributed by atoms with E-state index >= 15 is 0 Å². The third-order valence-electron chi connectivity index (χ3n) is 2.09. The highest BCUT2D eigenvalue weighted by atomic mass is 14.9. The van der Waals surface area contributed by atoms with Crippen LogP contribution in [0.25, 0.3) is 0 Å². The standard InChI is InChI=1S/C10H23N/c1-5-7-10(6-2)8-11-9(3)4/h9-11H,5-8H2,1-4H3/t10-/m0/s1. The van der Waals surface area contributed by atoms with Crippen LogP contribution in [0.5, 0.6) is 0 Å². The highest BCUT2D eigenvalue weighted by Gasteiger charge is 2.04. The number of nitrogens with one attached hydrogen (secondary N) is 1. The summed E-state index contributed by atoms with van der Waals surface area (Å²) in [5, 5.41) is 3.48. The van der Waals surface area contributed by atoms with Crippen molar-refractivity contribution in [2.45, 2.75) is 53.0 Å². The summed E-state index contributed by atoms with van der Waals surface area (Å²) in [6.45, 7) is 10.2. The molecule has 68 valence electrons. The molecule has 0 aliphatic carbocycles. The van der Waals surface area contributed by atoms with Crippen LogP contribution >= 0.6 is 0 Å². The third kappa shape index (κ3) is 6.36. The molecule has 1 heteroatoms. The largest absolute Gasteiger partial charge is 0.314 e. The zero-order valence-electron chi connectivity index (χ0n) is 8.48. The second-order valence-corrected chi connectivity index (χ2v) is 3.63. The Hall–Kier alpha value is -0.0400. The predicted molar refractivity (Wildman–Crippen MR) is 51.8 cm³/mol. The molecular weight excluding hydrogens is 134 g/mol. The number of hydrogen-bond acceptors (Lipinski definition) is 1. The molecule has 0 radical (unpaired) electrons. The molecule has 1 atom stereocenters. The fourth-order valence-electron chi connectivity index (χ4n) is 1.26. The lowest BCUT2D eigenvalue weighted by molar-refractivity contribution is 0.410. The lowest BCUT2D eigenvalue weighted by Gasteiger charge is -2.16. The van der Waals surface area contributed by atoms with Gasteiger partial charge in [0.15, 0.2) is 0 Å². The van der Waals surface area contributed by atoms with Crippen molar-refractivity contribution in [1.82, 2.24) is 5.32 Å². The molecule has 0 aromatic rings. The van der Waals surface area contributed by atoms with Crippen molar-refractivity contribution in [2.75, 3.05) is 6.54 Å². The summed E-state index contributed by atoms with van der Waals surface area (Å²) in [7, 11) is 0. The SMILES string of the molecule is CCC[C@H](CC)CNC(C)C. The minimum Gasteiger partial charge on any atom is -0.314 e. The number of hydrogen-bond donors (Lipinski definition) is 1. The van der Waals surface area contributed by atoms with Crippen LogP contribution in [0.4, 0.5) is 0 Å². The zero-order chi connectivity index (χ0) is 8.69. The molecule has 1 N–H and O–H groups in total. The molecule has 0 heterocycles. The second-order valence-electron chi connectivity index (χ2n) is 3.63. The normalized spacial score (nSPS) is 13.9. The van der Waals surface area contributed by atoms with Crippen LogP contribution in [0.1, 0.15) is 47.0 Å². The molecule has 0 aliphatic heterocycles. The Labute approximate surface area is 71.6 Å². The van der Waals surface area contributed by atoms with Gasteiger partial charge in [-0.05, 0) is 18.9 Å². The first-order valence-corrected chi connectivity index (χ1v) is 4.94. The Morgan fingerprint density at radius 1 is 1.18 bits per heavy atom. The third-order valence-corrected chi connectivity index (χ3v) is 2.09. The van der Waals surface area contributed by atoms with Gasteiger partial charge in [0.25, 0.3) is 0 Å². The first-order chi connectivity index (χ1) is 5.20. The Kier molecular flexibility index (Phi) is 6.63. The first-order valence-electron chi connectivity index (χ1n) is 4.94. The summed E-state index contributed by atoms with van der Waals surface area (Å²) in [5.74, 6) is 0.891. The topological polar surface area (TPSA) is 12.0 Å². The maximum absolute atomic E-state index is 3.48. The first kappa shape index (κ1) is 11.0. The molecule has 0 saturated heterocycles. The fraction of sp³-hybridized carbons (Fsp3) is 1.00. The maximum Gasteiger partial charge on any atom is 0.00104 e. The van der Waals surface area contributed by atoms with Crippen molar-refractivity contribution in [2.24, 2.45) is 5.92 Å². The molecule has 0 saturated carbocycles. The predicted octanol–water partition coefficient (Wildman–Crippen LogP) is 2.81. The summed E-state index contributed by atoms with van der Waals surface area (Å²) >= 11 is 0. The van der Waals surface area contributed by atoms with Crippen molar-refractivity contribution in [1.29, 1.82) is 0 Å². The average molecular weight is 157 g/mol. The number of rotatable bonds is 6. The van der Waals surface area contributed by atoms with Crippen LogP contribution in [-0.2, 0) is 0 Å². The monoisotopic (exact) mass is 157 g/mol. The average Bonchev–Trinajstić information content (AvgIpc) is 1.97. The van der Waals surface area contributed by atoms with E-state index in [1.165, 1.54) is 25.8 Å². The van der Waals surface area contributed by atoms with Crippen molar-refractivity contribution in [3.8, 4) is 0 Å². The van der Waals surface area contributed by atoms with Crippen molar-refractivity contribution in [3.63, 3.8) is 0 Å². The van der Waals surface area contributed by atoms with Crippen molar-refractivity contribution < 1.29 is 0 Å². The second kappa shape index (κ2) is 6.66. The van der Waals surface area contributed by atoms with E-state index in [1.807, 2.05) is 0 Å². The Morgan fingerprint density at radius 3 is 2.18 bits per heavy atom. The lowest BCUT2D eigenvalue weighted by atomic mass is 10.0. The van der Waals surface area contributed by atoms with Gasteiger partial charge < -0.3 is 5.32 Å². The smallest absolute Gasteiger partial charge is 0.00104 e. The molecule has 0 aromatic carbocycles. The van der Waals surface area contributed by atoms with Crippen LogP contribution in [0.2, 0.25) is 0 Å². The van der Waals surface area contributed by atoms with E-state index in [1.54, 1.807) is 0 Å². The lowest BCUT2D eigenvalue weighted by Crippen LogP contribution is -2.28. The van der Waals surface area contributed by atoms with Gasteiger partial charge in [-0.3, -0.25) is 0 Å². The summed E-state index contributed by atoms with van der Waals surface area (Å²) < 4.78 is 0. The zero-order valence-corrected chi connectivity index (χ0v) is 8.48. The van der Waals surface area contributed by atoms with E-state index in [0.29, 0.717) is 6.04 Å². The van der Waals surface area contributed by atoms with Crippen LogP contribution < -0.4 is 5.32 Å². The molecular formula is C10H23N. The van der Waals surface area contributed by atoms with Gasteiger partial charge in [0.05, 0.1) is 0 Å². The quantitative estimate of drug-likeness (QED) is 0.625. The van der Waals surface area contributed by atoms with Crippen LogP contribution in [0.15, 0.2) is 0 Å². The van der Waals surface area contributed by atoms with E-state index < -0.39 is 0 Å². The Morgan fingerprint density at radius 2 is 1.82 bits per heavy atom. The van der Waals surface area contributed by atoms with Gasteiger partial charge in [-0.15, -0.1) is 0 Å². The van der Waals surface area contributed by atoms with Crippen molar-refractivity contribution >= 4 is 0 Å². The van der Waals surface area contributed by atoms with E-state index in [9.17, 15) is 0 Å². The van der Waals surface area contributed by atoms with Gasteiger partial charge in [0.1, 0.15) is 0 Å². The van der Waals surface area contributed by atoms with E-state index in [4.69, 9.17) is 0 Å². The summed E-state index contributed by atoms with van der Waals surface area (Å²) in [4.78, 5) is 0.